The van der Waals surface area contributed by atoms with Crippen LogP contribution in [-0.4, -0.2) is 59.9 Å². The second-order valence-electron chi connectivity index (χ2n) is 9.91. The summed E-state index contributed by atoms with van der Waals surface area (Å²) in [6.07, 6.45) is 11.6. The lowest BCUT2D eigenvalue weighted by atomic mass is 9.90. The molecule has 1 saturated heterocycles. The van der Waals surface area contributed by atoms with E-state index in [1.807, 2.05) is 12.3 Å². The van der Waals surface area contributed by atoms with Crippen molar-refractivity contribution in [3.63, 3.8) is 0 Å². The molecule has 1 amide bonds. The second-order valence-corrected chi connectivity index (χ2v) is 10.3. The van der Waals surface area contributed by atoms with Crippen molar-refractivity contribution in [2.24, 2.45) is 5.92 Å². The summed E-state index contributed by atoms with van der Waals surface area (Å²) in [5.41, 5.74) is 2.97. The molecule has 2 N–H and O–H groups in total. The highest BCUT2D eigenvalue weighted by molar-refractivity contribution is 6.30. The molecule has 1 saturated carbocycles. The van der Waals surface area contributed by atoms with E-state index in [9.17, 15) is 4.79 Å². The SMILES string of the molecule is O=C(N[C@H]1CCC[C@@H](n2c(CCC3CCOC3)nc3cnc(-c4ncn[nH]4)cc32)C1)c1cc(Cl)ccn1. The standard InChI is InChI=1S/C26H29ClN8O2/c27-17-6-8-28-21(10-17)26(36)32-18-2-1-3-19(11-18)35-23-12-20(25-30-15-31-34-25)29-13-22(23)33-24(35)5-4-16-7-9-37-14-16/h6,8,10,12-13,15-16,18-19H,1-5,7,9,11,14H2,(H,32,36)(H,30,31,34)/t16?,18-,19+/m0/s1. The summed E-state index contributed by atoms with van der Waals surface area (Å²) in [6.45, 7) is 1.67. The van der Waals surface area contributed by atoms with Crippen LogP contribution in [0.15, 0.2) is 36.9 Å². The predicted molar refractivity (Wildman–Crippen MR) is 138 cm³/mol. The van der Waals surface area contributed by atoms with E-state index in [4.69, 9.17) is 21.3 Å². The van der Waals surface area contributed by atoms with Crippen LogP contribution in [0.3, 0.4) is 0 Å². The molecule has 0 aromatic carbocycles. The molecular formula is C26H29ClN8O2. The molecule has 2 fully saturated rings. The summed E-state index contributed by atoms with van der Waals surface area (Å²) in [7, 11) is 0. The van der Waals surface area contributed by atoms with Gasteiger partial charge in [0.15, 0.2) is 5.82 Å². The quantitative estimate of drug-likeness (QED) is 0.375. The van der Waals surface area contributed by atoms with Gasteiger partial charge in [0.25, 0.3) is 5.91 Å². The second kappa shape index (κ2) is 10.5. The fourth-order valence-corrected chi connectivity index (χ4v) is 5.71. The van der Waals surface area contributed by atoms with E-state index in [1.165, 1.54) is 6.33 Å². The normalized spacial score (nSPS) is 21.9. The zero-order chi connectivity index (χ0) is 25.2. The van der Waals surface area contributed by atoms with E-state index in [-0.39, 0.29) is 18.0 Å². The fourth-order valence-electron chi connectivity index (χ4n) is 5.55. The van der Waals surface area contributed by atoms with E-state index in [2.05, 4.69) is 35.0 Å². The maximum Gasteiger partial charge on any atom is 0.270 e. The zero-order valence-corrected chi connectivity index (χ0v) is 21.2. The maximum absolute atomic E-state index is 12.9. The number of aromatic amines is 1. The summed E-state index contributed by atoms with van der Waals surface area (Å²) in [6, 6.07) is 5.56. The Morgan fingerprint density at radius 2 is 2.16 bits per heavy atom. The van der Waals surface area contributed by atoms with Gasteiger partial charge in [-0.2, -0.15) is 5.10 Å². The first-order valence-corrected chi connectivity index (χ1v) is 13.2. The number of imidazole rings is 1. The summed E-state index contributed by atoms with van der Waals surface area (Å²) in [4.78, 5) is 30.9. The molecule has 0 spiro atoms. The van der Waals surface area contributed by atoms with E-state index >= 15 is 0 Å². The van der Waals surface area contributed by atoms with Crippen LogP contribution in [0.2, 0.25) is 5.02 Å². The van der Waals surface area contributed by atoms with Crippen molar-refractivity contribution in [3.05, 3.63) is 53.5 Å². The zero-order valence-electron chi connectivity index (χ0n) is 20.4. The number of pyridine rings is 2. The van der Waals surface area contributed by atoms with E-state index in [1.54, 1.807) is 18.3 Å². The molecule has 0 bridgehead atoms. The minimum Gasteiger partial charge on any atom is -0.381 e. The molecule has 6 rings (SSSR count). The van der Waals surface area contributed by atoms with Crippen LogP contribution in [0.4, 0.5) is 0 Å². The molecule has 1 aliphatic carbocycles. The highest BCUT2D eigenvalue weighted by Crippen LogP contribution is 2.34. The van der Waals surface area contributed by atoms with Crippen molar-refractivity contribution in [3.8, 4) is 11.5 Å². The molecule has 37 heavy (non-hydrogen) atoms. The van der Waals surface area contributed by atoms with Gasteiger partial charge in [-0.05, 0) is 62.6 Å². The lowest BCUT2D eigenvalue weighted by Crippen LogP contribution is -2.39. The molecule has 1 aliphatic heterocycles. The van der Waals surface area contributed by atoms with Gasteiger partial charge in [0.2, 0.25) is 0 Å². The molecule has 1 unspecified atom stereocenters. The van der Waals surface area contributed by atoms with Crippen molar-refractivity contribution in [1.82, 2.24) is 40.0 Å². The van der Waals surface area contributed by atoms with Crippen LogP contribution >= 0.6 is 11.6 Å². The lowest BCUT2D eigenvalue weighted by Gasteiger charge is -2.32. The van der Waals surface area contributed by atoms with Crippen molar-refractivity contribution in [2.45, 2.75) is 57.0 Å². The average Bonchev–Trinajstić information content (AvgIpc) is 3.68. The first-order chi connectivity index (χ1) is 18.1. The number of halogens is 1. The monoisotopic (exact) mass is 520 g/mol. The Labute approximate surface area is 219 Å². The Bertz CT molecular complexity index is 1380. The minimum atomic E-state index is -0.193. The summed E-state index contributed by atoms with van der Waals surface area (Å²) in [5.74, 6) is 2.07. The van der Waals surface area contributed by atoms with Gasteiger partial charge < -0.3 is 14.6 Å². The first kappa shape index (κ1) is 24.0. The number of amides is 1. The van der Waals surface area contributed by atoms with Crippen LogP contribution in [0.5, 0.6) is 0 Å². The number of nitrogens with zero attached hydrogens (tertiary/aromatic N) is 6. The van der Waals surface area contributed by atoms with Crippen molar-refractivity contribution < 1.29 is 9.53 Å². The van der Waals surface area contributed by atoms with Crippen LogP contribution in [0.25, 0.3) is 22.6 Å². The molecule has 3 atom stereocenters. The Morgan fingerprint density at radius 3 is 2.97 bits per heavy atom. The number of carbonyl (C=O) groups excluding carboxylic acids is 1. The molecule has 0 radical (unpaired) electrons. The Balaban J connectivity index is 1.29. The summed E-state index contributed by atoms with van der Waals surface area (Å²) < 4.78 is 7.97. The number of rotatable bonds is 7. The van der Waals surface area contributed by atoms with Gasteiger partial charge in [-0.1, -0.05) is 11.6 Å². The largest absolute Gasteiger partial charge is 0.381 e. The average molecular weight is 521 g/mol. The van der Waals surface area contributed by atoms with Crippen molar-refractivity contribution in [1.29, 1.82) is 0 Å². The van der Waals surface area contributed by atoms with Crippen LogP contribution in [-0.2, 0) is 11.2 Å². The predicted octanol–water partition coefficient (Wildman–Crippen LogP) is 4.15. The molecular weight excluding hydrogens is 492 g/mol. The smallest absolute Gasteiger partial charge is 0.270 e. The highest BCUT2D eigenvalue weighted by Gasteiger charge is 2.29. The molecule has 192 valence electrons. The fraction of sp³-hybridized carbons (Fsp3) is 0.462. The minimum absolute atomic E-state index is 0.0381. The number of aromatic nitrogens is 7. The van der Waals surface area contributed by atoms with Gasteiger partial charge in [-0.25, -0.2) is 9.97 Å². The van der Waals surface area contributed by atoms with Gasteiger partial charge in [0, 0.05) is 42.9 Å². The summed E-state index contributed by atoms with van der Waals surface area (Å²) >= 11 is 6.07. The van der Waals surface area contributed by atoms with E-state index in [0.29, 0.717) is 22.5 Å². The Kier molecular flexibility index (Phi) is 6.84. The van der Waals surface area contributed by atoms with Gasteiger partial charge in [0.05, 0.1) is 11.7 Å². The maximum atomic E-state index is 12.9. The third-order valence-corrected chi connectivity index (χ3v) is 7.64. The number of ether oxygens (including phenoxy) is 1. The van der Waals surface area contributed by atoms with Crippen molar-refractivity contribution in [2.75, 3.05) is 13.2 Å². The van der Waals surface area contributed by atoms with E-state index in [0.717, 1.165) is 80.7 Å². The van der Waals surface area contributed by atoms with Crippen molar-refractivity contribution >= 4 is 28.5 Å². The molecule has 11 heteroatoms. The van der Waals surface area contributed by atoms with Gasteiger partial charge in [-0.3, -0.25) is 19.9 Å². The lowest BCUT2D eigenvalue weighted by molar-refractivity contribution is 0.0915. The van der Waals surface area contributed by atoms with Gasteiger partial charge >= 0.3 is 0 Å². The molecule has 2 aliphatic rings. The third-order valence-electron chi connectivity index (χ3n) is 7.41. The molecule has 10 nitrogen and oxygen atoms in total. The third kappa shape index (κ3) is 5.21. The van der Waals surface area contributed by atoms with Crippen LogP contribution < -0.4 is 5.32 Å². The molecule has 4 aromatic heterocycles. The first-order valence-electron chi connectivity index (χ1n) is 12.9. The van der Waals surface area contributed by atoms with Crippen LogP contribution in [0, 0.1) is 5.92 Å². The Morgan fingerprint density at radius 1 is 1.22 bits per heavy atom. The number of hydrogen-bond acceptors (Lipinski definition) is 7. The number of hydrogen-bond donors (Lipinski definition) is 2. The van der Waals surface area contributed by atoms with Crippen LogP contribution in [0.1, 0.15) is 60.9 Å². The highest BCUT2D eigenvalue weighted by atomic mass is 35.5. The summed E-state index contributed by atoms with van der Waals surface area (Å²) in [5, 5.41) is 10.6. The topological polar surface area (TPSA) is 124 Å². The molecule has 4 aromatic rings. The van der Waals surface area contributed by atoms with Gasteiger partial charge in [0.1, 0.15) is 29.1 Å². The number of aryl methyl sites for hydroxylation is 1. The Hall–Kier alpha value is -3.37. The number of fused-ring (bicyclic) bond motifs is 1. The van der Waals surface area contributed by atoms with E-state index < -0.39 is 0 Å². The number of H-pyrrole nitrogens is 1. The molecule has 5 heterocycles. The number of nitrogens with one attached hydrogen (secondary N) is 2. The number of carbonyl (C=O) groups is 1. The van der Waals surface area contributed by atoms with Gasteiger partial charge in [-0.15, -0.1) is 0 Å².